The number of anilines is 1. The first kappa shape index (κ1) is 13.6. The second-order valence-corrected chi connectivity index (χ2v) is 4.14. The monoisotopic (exact) mass is 275 g/mol. The third kappa shape index (κ3) is 3.35. The summed E-state index contributed by atoms with van der Waals surface area (Å²) < 4.78 is 1.74. The maximum absolute atomic E-state index is 11.7. The summed E-state index contributed by atoms with van der Waals surface area (Å²) in [5.41, 5.74) is 0.0771. The van der Waals surface area contributed by atoms with Crippen LogP contribution in [0.4, 0.5) is 5.69 Å². The van der Waals surface area contributed by atoms with Gasteiger partial charge in [-0.15, -0.1) is 0 Å². The van der Waals surface area contributed by atoms with Crippen LogP contribution >= 0.6 is 0 Å². The smallest absolute Gasteiger partial charge is 0.335 e. The Hall–Kier alpha value is -2.83. The quantitative estimate of drug-likeness (QED) is 0.714. The van der Waals surface area contributed by atoms with E-state index in [4.69, 9.17) is 5.11 Å². The first-order valence-corrected chi connectivity index (χ1v) is 5.88. The summed E-state index contributed by atoms with van der Waals surface area (Å²) in [6.45, 7) is 0.450. The molecule has 0 spiro atoms. The fraction of sp³-hybridized carbons (Fsp3) is 0.154. The number of phenolic OH excluding ortho intramolecular Hbond substituents is 1. The van der Waals surface area contributed by atoms with Gasteiger partial charge in [0.1, 0.15) is 5.75 Å². The van der Waals surface area contributed by atoms with E-state index >= 15 is 0 Å². The van der Waals surface area contributed by atoms with Gasteiger partial charge < -0.3 is 20.1 Å². The van der Waals surface area contributed by atoms with Gasteiger partial charge in [0.2, 0.25) is 5.91 Å². The average Bonchev–Trinajstić information content (AvgIpc) is 2.92. The minimum atomic E-state index is -1.13. The van der Waals surface area contributed by atoms with Crippen molar-refractivity contribution < 1.29 is 19.8 Å². The normalized spacial score (nSPS) is 10.2. The largest absolute Gasteiger partial charge is 0.506 e. The van der Waals surface area contributed by atoms with E-state index in [-0.39, 0.29) is 29.3 Å². The molecule has 1 heterocycles. The number of imidazole rings is 1. The highest BCUT2D eigenvalue weighted by Crippen LogP contribution is 2.24. The fourth-order valence-corrected chi connectivity index (χ4v) is 1.63. The maximum Gasteiger partial charge on any atom is 0.335 e. The lowest BCUT2D eigenvalue weighted by Gasteiger charge is -2.08. The molecule has 0 saturated heterocycles. The highest BCUT2D eigenvalue weighted by molar-refractivity contribution is 5.95. The number of hydrogen-bond donors (Lipinski definition) is 3. The molecule has 0 aliphatic heterocycles. The topological polar surface area (TPSA) is 104 Å². The van der Waals surface area contributed by atoms with Crippen molar-refractivity contribution in [3.63, 3.8) is 0 Å². The van der Waals surface area contributed by atoms with Crippen LogP contribution in [0.25, 0.3) is 0 Å². The van der Waals surface area contributed by atoms with Gasteiger partial charge in [0.05, 0.1) is 17.6 Å². The highest BCUT2D eigenvalue weighted by Gasteiger charge is 2.10. The molecular weight excluding hydrogens is 262 g/mol. The van der Waals surface area contributed by atoms with Crippen molar-refractivity contribution in [3.8, 4) is 5.75 Å². The number of phenols is 1. The van der Waals surface area contributed by atoms with Gasteiger partial charge in [-0.1, -0.05) is 0 Å². The Morgan fingerprint density at radius 1 is 1.35 bits per heavy atom. The van der Waals surface area contributed by atoms with Crippen LogP contribution in [0.2, 0.25) is 0 Å². The van der Waals surface area contributed by atoms with Crippen LogP contribution in [0.5, 0.6) is 5.75 Å². The first-order chi connectivity index (χ1) is 9.56. The molecule has 2 rings (SSSR count). The summed E-state index contributed by atoms with van der Waals surface area (Å²) in [5, 5.41) is 20.9. The first-order valence-electron chi connectivity index (χ1n) is 5.88. The predicted octanol–water partition coefficient (Wildman–Crippen LogP) is 1.32. The minimum absolute atomic E-state index is 0.00675. The number of nitrogens with one attached hydrogen (secondary N) is 1. The molecule has 0 aliphatic carbocycles. The molecule has 0 radical (unpaired) electrons. The minimum Gasteiger partial charge on any atom is -0.506 e. The molecule has 0 aliphatic rings. The van der Waals surface area contributed by atoms with E-state index in [1.807, 2.05) is 0 Å². The number of carboxylic acid groups (broad SMARTS) is 1. The number of rotatable bonds is 5. The van der Waals surface area contributed by atoms with Crippen molar-refractivity contribution in [2.24, 2.45) is 0 Å². The van der Waals surface area contributed by atoms with Crippen molar-refractivity contribution in [2.45, 2.75) is 13.0 Å². The van der Waals surface area contributed by atoms with Crippen LogP contribution in [-0.2, 0) is 11.3 Å². The maximum atomic E-state index is 11.7. The number of aromatic hydroxyl groups is 1. The van der Waals surface area contributed by atoms with Gasteiger partial charge in [0, 0.05) is 25.4 Å². The Morgan fingerprint density at radius 2 is 2.15 bits per heavy atom. The van der Waals surface area contributed by atoms with E-state index in [1.165, 1.54) is 18.2 Å². The molecular formula is C13H13N3O4. The van der Waals surface area contributed by atoms with Crippen LogP contribution in [0.3, 0.4) is 0 Å². The fourth-order valence-electron chi connectivity index (χ4n) is 1.63. The van der Waals surface area contributed by atoms with Gasteiger partial charge in [0.15, 0.2) is 0 Å². The number of carboxylic acids is 1. The summed E-state index contributed by atoms with van der Waals surface area (Å²) >= 11 is 0. The molecule has 20 heavy (non-hydrogen) atoms. The van der Waals surface area contributed by atoms with Crippen molar-refractivity contribution in [1.82, 2.24) is 9.55 Å². The van der Waals surface area contributed by atoms with E-state index in [9.17, 15) is 14.7 Å². The second-order valence-electron chi connectivity index (χ2n) is 4.14. The zero-order chi connectivity index (χ0) is 14.5. The number of hydrogen-bond acceptors (Lipinski definition) is 4. The number of amides is 1. The number of benzene rings is 1. The lowest BCUT2D eigenvalue weighted by molar-refractivity contribution is -0.116. The Kier molecular flexibility index (Phi) is 3.99. The number of nitrogens with zero attached hydrogens (tertiary/aromatic N) is 2. The standard InChI is InChI=1S/C13H13N3O4/c17-11-2-1-9(13(19)20)7-10(11)15-12(18)3-5-16-6-4-14-8-16/h1-2,4,6-8,17H,3,5H2,(H,15,18)(H,19,20). The molecule has 1 aromatic heterocycles. The van der Waals surface area contributed by atoms with Crippen molar-refractivity contribution in [2.75, 3.05) is 5.32 Å². The Labute approximate surface area is 114 Å². The van der Waals surface area contributed by atoms with Crippen LogP contribution in [0.15, 0.2) is 36.9 Å². The van der Waals surface area contributed by atoms with E-state index in [0.717, 1.165) is 0 Å². The van der Waals surface area contributed by atoms with E-state index < -0.39 is 5.97 Å². The zero-order valence-electron chi connectivity index (χ0n) is 10.5. The van der Waals surface area contributed by atoms with Crippen LogP contribution in [-0.4, -0.2) is 31.6 Å². The molecule has 0 bridgehead atoms. The Morgan fingerprint density at radius 3 is 2.80 bits per heavy atom. The average molecular weight is 275 g/mol. The van der Waals surface area contributed by atoms with Crippen LogP contribution < -0.4 is 5.32 Å². The van der Waals surface area contributed by atoms with Crippen molar-refractivity contribution in [3.05, 3.63) is 42.5 Å². The number of carbonyl (C=O) groups excluding carboxylic acids is 1. The molecule has 2 aromatic rings. The summed E-state index contributed by atoms with van der Waals surface area (Å²) in [7, 11) is 0. The molecule has 0 fully saturated rings. The highest BCUT2D eigenvalue weighted by atomic mass is 16.4. The van der Waals surface area contributed by atoms with Gasteiger partial charge in [0.25, 0.3) is 0 Å². The molecule has 0 saturated carbocycles. The number of aromatic carboxylic acids is 1. The van der Waals surface area contributed by atoms with Crippen LogP contribution in [0.1, 0.15) is 16.8 Å². The lowest BCUT2D eigenvalue weighted by Crippen LogP contribution is -2.14. The number of aromatic nitrogens is 2. The number of aryl methyl sites for hydroxylation is 1. The van der Waals surface area contributed by atoms with Gasteiger partial charge in [-0.25, -0.2) is 9.78 Å². The molecule has 1 amide bonds. The molecule has 1 aromatic carbocycles. The molecule has 7 nitrogen and oxygen atoms in total. The summed E-state index contributed by atoms with van der Waals surface area (Å²) in [6.07, 6.45) is 5.12. The lowest BCUT2D eigenvalue weighted by atomic mass is 10.2. The SMILES string of the molecule is O=C(CCn1ccnc1)Nc1cc(C(=O)O)ccc1O. The summed E-state index contributed by atoms with van der Waals surface area (Å²) in [6, 6.07) is 3.71. The Balaban J connectivity index is 2.00. The molecule has 0 atom stereocenters. The van der Waals surface area contributed by atoms with E-state index in [1.54, 1.807) is 23.3 Å². The molecule has 0 unspecified atom stereocenters. The third-order valence-electron chi connectivity index (χ3n) is 2.67. The zero-order valence-corrected chi connectivity index (χ0v) is 10.5. The molecule has 3 N–H and O–H groups in total. The third-order valence-corrected chi connectivity index (χ3v) is 2.67. The summed E-state index contributed by atoms with van der Waals surface area (Å²) in [5.74, 6) is -1.62. The Bertz CT molecular complexity index is 623. The van der Waals surface area contributed by atoms with Crippen LogP contribution in [0, 0.1) is 0 Å². The molecule has 104 valence electrons. The van der Waals surface area contributed by atoms with E-state index in [2.05, 4.69) is 10.3 Å². The van der Waals surface area contributed by atoms with Gasteiger partial charge in [-0.2, -0.15) is 0 Å². The van der Waals surface area contributed by atoms with Crippen molar-refractivity contribution in [1.29, 1.82) is 0 Å². The van der Waals surface area contributed by atoms with Crippen molar-refractivity contribution >= 4 is 17.6 Å². The molecule has 7 heteroatoms. The van der Waals surface area contributed by atoms with Gasteiger partial charge in [-0.3, -0.25) is 4.79 Å². The van der Waals surface area contributed by atoms with Gasteiger partial charge in [-0.05, 0) is 18.2 Å². The second kappa shape index (κ2) is 5.87. The van der Waals surface area contributed by atoms with Gasteiger partial charge >= 0.3 is 5.97 Å². The number of carbonyl (C=O) groups is 2. The predicted molar refractivity (Wildman–Crippen MR) is 70.5 cm³/mol. The summed E-state index contributed by atoms with van der Waals surface area (Å²) in [4.78, 5) is 26.4. The van der Waals surface area contributed by atoms with E-state index in [0.29, 0.717) is 6.54 Å².